The molecular weight excluding hydrogens is 260 g/mol. The predicted octanol–water partition coefficient (Wildman–Crippen LogP) is 2.80. The lowest BCUT2D eigenvalue weighted by Gasteiger charge is -2.35. The molecule has 4 nitrogen and oxygen atoms in total. The van der Waals surface area contributed by atoms with Crippen molar-refractivity contribution < 1.29 is 9.90 Å². The Hall–Kier alpha value is -0.940. The molecule has 2 rings (SSSR count). The Labute approximate surface area is 118 Å². The van der Waals surface area contributed by atoms with Crippen LogP contribution >= 0.6 is 11.3 Å². The number of rotatable bonds is 4. The van der Waals surface area contributed by atoms with E-state index >= 15 is 0 Å². The minimum atomic E-state index is -0.699. The fourth-order valence-corrected chi connectivity index (χ4v) is 3.80. The number of piperidine rings is 1. The zero-order valence-electron chi connectivity index (χ0n) is 11.8. The van der Waals surface area contributed by atoms with Gasteiger partial charge in [0.1, 0.15) is 6.04 Å². The highest BCUT2D eigenvalue weighted by atomic mass is 32.1. The molecule has 1 aromatic rings. The molecule has 2 heterocycles. The fourth-order valence-electron chi connectivity index (χ4n) is 2.75. The van der Waals surface area contributed by atoms with Crippen LogP contribution in [-0.4, -0.2) is 40.1 Å². The summed E-state index contributed by atoms with van der Waals surface area (Å²) in [5, 5.41) is 10.5. The van der Waals surface area contributed by atoms with E-state index in [1.54, 1.807) is 11.3 Å². The topological polar surface area (TPSA) is 53.4 Å². The van der Waals surface area contributed by atoms with Crippen molar-refractivity contribution in [3.63, 3.8) is 0 Å². The van der Waals surface area contributed by atoms with E-state index in [2.05, 4.69) is 16.8 Å². The van der Waals surface area contributed by atoms with Gasteiger partial charge in [-0.2, -0.15) is 0 Å². The summed E-state index contributed by atoms with van der Waals surface area (Å²) < 4.78 is 0. The van der Waals surface area contributed by atoms with Gasteiger partial charge < -0.3 is 5.11 Å². The van der Waals surface area contributed by atoms with E-state index in [-0.39, 0.29) is 6.04 Å². The Kier molecular flexibility index (Phi) is 4.58. The molecule has 5 heteroatoms. The third-order valence-electron chi connectivity index (χ3n) is 3.96. The van der Waals surface area contributed by atoms with Gasteiger partial charge in [-0.15, -0.1) is 11.3 Å². The first-order chi connectivity index (χ1) is 9.02. The van der Waals surface area contributed by atoms with Gasteiger partial charge in [0, 0.05) is 17.3 Å². The molecule has 1 saturated heterocycles. The highest BCUT2D eigenvalue weighted by molar-refractivity contribution is 7.11. The van der Waals surface area contributed by atoms with Gasteiger partial charge in [0.2, 0.25) is 0 Å². The highest BCUT2D eigenvalue weighted by Crippen LogP contribution is 2.32. The van der Waals surface area contributed by atoms with Crippen molar-refractivity contribution in [2.75, 3.05) is 13.1 Å². The van der Waals surface area contributed by atoms with E-state index in [1.165, 1.54) is 9.88 Å². The van der Waals surface area contributed by atoms with Crippen molar-refractivity contribution in [3.05, 3.63) is 15.6 Å². The number of hydrogen-bond donors (Lipinski definition) is 1. The number of likely N-dealkylation sites (tertiary alicyclic amines) is 1. The predicted molar refractivity (Wildman–Crippen MR) is 76.9 cm³/mol. The van der Waals surface area contributed by atoms with Gasteiger partial charge in [-0.25, -0.2) is 4.98 Å². The van der Waals surface area contributed by atoms with Gasteiger partial charge in [0.05, 0.1) is 10.7 Å². The molecule has 0 aliphatic carbocycles. The second kappa shape index (κ2) is 6.01. The fraction of sp³-hybridized carbons (Fsp3) is 0.714. The van der Waals surface area contributed by atoms with Crippen molar-refractivity contribution in [2.45, 2.75) is 52.0 Å². The Bertz CT molecular complexity index is 439. The second-order valence-corrected chi connectivity index (χ2v) is 6.52. The molecule has 19 heavy (non-hydrogen) atoms. The molecule has 2 atom stereocenters. The molecule has 0 spiro atoms. The number of carboxylic acids is 1. The first kappa shape index (κ1) is 14.5. The third kappa shape index (κ3) is 3.15. The first-order valence-corrected chi connectivity index (χ1v) is 7.75. The monoisotopic (exact) mass is 282 g/mol. The minimum absolute atomic E-state index is 0.343. The van der Waals surface area contributed by atoms with Gasteiger partial charge >= 0.3 is 5.97 Å². The lowest BCUT2D eigenvalue weighted by atomic mass is 9.96. The molecular formula is C14H22N2O2S. The average molecular weight is 282 g/mol. The van der Waals surface area contributed by atoms with Gasteiger partial charge in [-0.3, -0.25) is 9.69 Å². The zero-order chi connectivity index (χ0) is 14.0. The normalized spacial score (nSPS) is 22.4. The number of carboxylic acid groups (broad SMARTS) is 1. The van der Waals surface area contributed by atoms with E-state index in [0.29, 0.717) is 12.3 Å². The molecule has 2 unspecified atom stereocenters. The number of aliphatic carboxylic acids is 1. The molecule has 1 aliphatic heterocycles. The van der Waals surface area contributed by atoms with Crippen molar-refractivity contribution in [3.8, 4) is 0 Å². The molecule has 0 amide bonds. The molecule has 0 bridgehead atoms. The summed E-state index contributed by atoms with van der Waals surface area (Å²) in [6.07, 6.45) is 2.85. The first-order valence-electron chi connectivity index (χ1n) is 6.93. The van der Waals surface area contributed by atoms with Crippen LogP contribution in [0.2, 0.25) is 0 Å². The SMILES string of the molecule is CCC(C(=O)O)N1CCCC(c2nc(C)c(C)s2)C1. The second-order valence-electron chi connectivity index (χ2n) is 5.29. The van der Waals surface area contributed by atoms with E-state index in [9.17, 15) is 9.90 Å². The lowest BCUT2D eigenvalue weighted by Crippen LogP contribution is -2.45. The van der Waals surface area contributed by atoms with Gasteiger partial charge in [-0.05, 0) is 39.7 Å². The maximum atomic E-state index is 11.3. The number of hydrogen-bond acceptors (Lipinski definition) is 4. The summed E-state index contributed by atoms with van der Waals surface area (Å²) in [6, 6.07) is -0.343. The number of aromatic nitrogens is 1. The van der Waals surface area contributed by atoms with Crippen molar-refractivity contribution >= 4 is 17.3 Å². The summed E-state index contributed by atoms with van der Waals surface area (Å²) in [6.45, 7) is 7.81. The molecule has 0 saturated carbocycles. The largest absolute Gasteiger partial charge is 0.480 e. The van der Waals surface area contributed by atoms with Crippen molar-refractivity contribution in [1.82, 2.24) is 9.88 Å². The van der Waals surface area contributed by atoms with Crippen LogP contribution in [0.4, 0.5) is 0 Å². The number of aryl methyl sites for hydroxylation is 2. The zero-order valence-corrected chi connectivity index (χ0v) is 12.7. The molecule has 1 aliphatic rings. The highest BCUT2D eigenvalue weighted by Gasteiger charge is 2.30. The molecule has 0 radical (unpaired) electrons. The third-order valence-corrected chi connectivity index (χ3v) is 5.20. The van der Waals surface area contributed by atoms with Crippen LogP contribution in [0, 0.1) is 13.8 Å². The summed E-state index contributed by atoms with van der Waals surface area (Å²) >= 11 is 1.77. The Morgan fingerprint density at radius 1 is 1.58 bits per heavy atom. The molecule has 1 N–H and O–H groups in total. The van der Waals surface area contributed by atoms with Crippen LogP contribution in [0.15, 0.2) is 0 Å². The molecule has 1 aromatic heterocycles. The van der Waals surface area contributed by atoms with E-state index < -0.39 is 5.97 Å². The van der Waals surface area contributed by atoms with Crippen LogP contribution in [-0.2, 0) is 4.79 Å². The maximum absolute atomic E-state index is 11.3. The summed E-state index contributed by atoms with van der Waals surface area (Å²) in [5.74, 6) is -0.297. The van der Waals surface area contributed by atoms with Crippen LogP contribution in [0.3, 0.4) is 0 Å². The van der Waals surface area contributed by atoms with Crippen LogP contribution < -0.4 is 0 Å². The summed E-state index contributed by atoms with van der Waals surface area (Å²) in [4.78, 5) is 19.3. The molecule has 106 valence electrons. The maximum Gasteiger partial charge on any atom is 0.320 e. The average Bonchev–Trinajstić information content (AvgIpc) is 2.70. The Morgan fingerprint density at radius 2 is 2.32 bits per heavy atom. The molecule has 0 aromatic carbocycles. The van der Waals surface area contributed by atoms with Crippen molar-refractivity contribution in [2.24, 2.45) is 0 Å². The van der Waals surface area contributed by atoms with Crippen molar-refractivity contribution in [1.29, 1.82) is 0 Å². The van der Waals surface area contributed by atoms with E-state index in [4.69, 9.17) is 0 Å². The number of carbonyl (C=O) groups is 1. The van der Waals surface area contributed by atoms with Gasteiger partial charge in [0.25, 0.3) is 0 Å². The number of nitrogens with zero attached hydrogens (tertiary/aromatic N) is 2. The summed E-state index contributed by atoms with van der Waals surface area (Å²) in [5.41, 5.74) is 1.11. The van der Waals surface area contributed by atoms with Crippen LogP contribution in [0.1, 0.15) is 47.7 Å². The molecule has 1 fully saturated rings. The smallest absolute Gasteiger partial charge is 0.320 e. The summed E-state index contributed by atoms with van der Waals surface area (Å²) in [7, 11) is 0. The Morgan fingerprint density at radius 3 is 2.84 bits per heavy atom. The minimum Gasteiger partial charge on any atom is -0.480 e. The van der Waals surface area contributed by atoms with Crippen LogP contribution in [0.5, 0.6) is 0 Å². The van der Waals surface area contributed by atoms with Gasteiger partial charge in [0.15, 0.2) is 0 Å². The van der Waals surface area contributed by atoms with Gasteiger partial charge in [-0.1, -0.05) is 6.92 Å². The lowest BCUT2D eigenvalue weighted by molar-refractivity contribution is -0.144. The van der Waals surface area contributed by atoms with E-state index in [0.717, 1.165) is 31.6 Å². The van der Waals surface area contributed by atoms with E-state index in [1.807, 2.05) is 13.8 Å². The Balaban J connectivity index is 2.10. The number of thiazole rings is 1. The quantitative estimate of drug-likeness (QED) is 0.922. The van der Waals surface area contributed by atoms with Crippen LogP contribution in [0.25, 0.3) is 0 Å². The standard InChI is InChI=1S/C14H22N2O2S/c1-4-12(14(17)18)16-7-5-6-11(8-16)13-15-9(2)10(3)19-13/h11-12H,4-8H2,1-3H3,(H,17,18).